The quantitative estimate of drug-likeness (QED) is 0.294. The molecule has 0 saturated heterocycles. The molecular weight excluding hydrogens is 515 g/mol. The lowest BCUT2D eigenvalue weighted by atomic mass is 10.0. The SMILES string of the molecule is Cc1cc(C)c(I)c(C)c1.Cc1cc(C)c(N2C=CN(c3c(C)cc(C)cc3C)C2)c(C)c1. The molecule has 0 saturated carbocycles. The van der Waals surface area contributed by atoms with Gasteiger partial charge in [-0.1, -0.05) is 53.1 Å². The van der Waals surface area contributed by atoms with E-state index in [4.69, 9.17) is 0 Å². The minimum absolute atomic E-state index is 0.871. The van der Waals surface area contributed by atoms with Crippen LogP contribution < -0.4 is 9.80 Å². The summed E-state index contributed by atoms with van der Waals surface area (Å²) in [6.07, 6.45) is 4.40. The molecule has 3 heteroatoms. The Labute approximate surface area is 214 Å². The fraction of sp³-hybridized carbons (Fsp3) is 0.333. The topological polar surface area (TPSA) is 6.48 Å². The van der Waals surface area contributed by atoms with Gasteiger partial charge in [0.15, 0.2) is 0 Å². The minimum Gasteiger partial charge on any atom is -0.328 e. The third kappa shape index (κ3) is 5.81. The van der Waals surface area contributed by atoms with Crippen LogP contribution >= 0.6 is 22.6 Å². The normalized spacial score (nSPS) is 12.8. The summed E-state index contributed by atoms with van der Waals surface area (Å²) in [6, 6.07) is 13.5. The Kier molecular flexibility index (Phi) is 7.94. The van der Waals surface area contributed by atoms with Crippen molar-refractivity contribution in [3.8, 4) is 0 Å². The van der Waals surface area contributed by atoms with Crippen LogP contribution in [0.3, 0.4) is 0 Å². The molecule has 174 valence electrons. The molecule has 3 aromatic rings. The lowest BCUT2D eigenvalue weighted by Crippen LogP contribution is -2.26. The van der Waals surface area contributed by atoms with Crippen LogP contribution in [0.4, 0.5) is 11.4 Å². The summed E-state index contributed by atoms with van der Waals surface area (Å²) in [7, 11) is 0. The van der Waals surface area contributed by atoms with E-state index in [1.807, 2.05) is 0 Å². The van der Waals surface area contributed by atoms with Gasteiger partial charge >= 0.3 is 0 Å². The van der Waals surface area contributed by atoms with Gasteiger partial charge in [-0.25, -0.2) is 0 Å². The fourth-order valence-corrected chi connectivity index (χ4v) is 5.43. The number of aryl methyl sites for hydroxylation is 9. The Hall–Kier alpha value is -2.27. The largest absolute Gasteiger partial charge is 0.328 e. The molecule has 0 bridgehead atoms. The second-order valence-electron chi connectivity index (χ2n) is 9.59. The van der Waals surface area contributed by atoms with Crippen LogP contribution in [0.5, 0.6) is 0 Å². The number of nitrogens with zero attached hydrogens (tertiary/aromatic N) is 2. The lowest BCUT2D eigenvalue weighted by molar-refractivity contribution is 0.954. The zero-order valence-electron chi connectivity index (χ0n) is 21.6. The van der Waals surface area contributed by atoms with Crippen LogP contribution in [0.2, 0.25) is 0 Å². The summed E-state index contributed by atoms with van der Waals surface area (Å²) in [5.74, 6) is 0. The minimum atomic E-state index is 0.871. The predicted molar refractivity (Wildman–Crippen MR) is 154 cm³/mol. The van der Waals surface area contributed by atoms with Gasteiger partial charge < -0.3 is 9.80 Å². The summed E-state index contributed by atoms with van der Waals surface area (Å²) in [5.41, 5.74) is 14.8. The highest BCUT2D eigenvalue weighted by molar-refractivity contribution is 14.1. The number of benzene rings is 3. The number of rotatable bonds is 2. The summed E-state index contributed by atoms with van der Waals surface area (Å²) in [4.78, 5) is 4.70. The molecule has 1 aliphatic heterocycles. The van der Waals surface area contributed by atoms with Crippen molar-refractivity contribution in [2.45, 2.75) is 62.3 Å². The van der Waals surface area contributed by atoms with Crippen LogP contribution in [0.25, 0.3) is 0 Å². The molecule has 0 atom stereocenters. The highest BCUT2D eigenvalue weighted by atomic mass is 127. The lowest BCUT2D eigenvalue weighted by Gasteiger charge is -2.27. The second-order valence-corrected chi connectivity index (χ2v) is 10.7. The molecule has 4 rings (SSSR count). The molecule has 0 fully saturated rings. The monoisotopic (exact) mass is 552 g/mol. The van der Waals surface area contributed by atoms with E-state index in [0.717, 1.165) is 6.67 Å². The second kappa shape index (κ2) is 10.3. The summed E-state index contributed by atoms with van der Waals surface area (Å²) >= 11 is 2.39. The van der Waals surface area contributed by atoms with E-state index >= 15 is 0 Å². The van der Waals surface area contributed by atoms with Crippen LogP contribution in [-0.2, 0) is 0 Å². The third-order valence-electron chi connectivity index (χ3n) is 6.16. The Morgan fingerprint density at radius 1 is 0.485 bits per heavy atom. The van der Waals surface area contributed by atoms with Crippen molar-refractivity contribution >= 4 is 34.0 Å². The molecule has 0 N–H and O–H groups in total. The first-order valence-corrected chi connectivity index (χ1v) is 12.7. The van der Waals surface area contributed by atoms with Crippen molar-refractivity contribution in [1.82, 2.24) is 0 Å². The Morgan fingerprint density at radius 2 is 0.758 bits per heavy atom. The van der Waals surface area contributed by atoms with Crippen LogP contribution in [0.15, 0.2) is 48.8 Å². The highest BCUT2D eigenvalue weighted by Gasteiger charge is 2.21. The molecule has 2 nitrogen and oxygen atoms in total. The first-order valence-electron chi connectivity index (χ1n) is 11.6. The Morgan fingerprint density at radius 3 is 1.06 bits per heavy atom. The van der Waals surface area contributed by atoms with E-state index in [1.54, 1.807) is 0 Å². The zero-order valence-corrected chi connectivity index (χ0v) is 23.8. The van der Waals surface area contributed by atoms with Crippen molar-refractivity contribution in [2.75, 3.05) is 16.5 Å². The molecule has 1 aliphatic rings. The van der Waals surface area contributed by atoms with Gasteiger partial charge in [0.25, 0.3) is 0 Å². The van der Waals surface area contributed by atoms with Gasteiger partial charge in [-0.05, 0) is 118 Å². The number of halogens is 1. The third-order valence-corrected chi connectivity index (χ3v) is 7.86. The zero-order chi connectivity index (χ0) is 24.4. The van der Waals surface area contributed by atoms with Crippen LogP contribution in [0, 0.1) is 65.9 Å². The van der Waals surface area contributed by atoms with Gasteiger partial charge in [0.05, 0.1) is 6.67 Å². The summed E-state index contributed by atoms with van der Waals surface area (Å²) in [5, 5.41) is 0. The molecular formula is C30H37IN2. The van der Waals surface area contributed by atoms with Crippen LogP contribution in [0.1, 0.15) is 50.1 Å². The van der Waals surface area contributed by atoms with Crippen molar-refractivity contribution in [1.29, 1.82) is 0 Å². The van der Waals surface area contributed by atoms with E-state index in [2.05, 4.69) is 144 Å². The molecule has 0 radical (unpaired) electrons. The highest BCUT2D eigenvalue weighted by Crippen LogP contribution is 2.33. The summed E-state index contributed by atoms with van der Waals surface area (Å²) < 4.78 is 1.39. The van der Waals surface area contributed by atoms with Crippen molar-refractivity contribution in [2.24, 2.45) is 0 Å². The molecule has 33 heavy (non-hydrogen) atoms. The van der Waals surface area contributed by atoms with Crippen molar-refractivity contribution < 1.29 is 0 Å². The maximum Gasteiger partial charge on any atom is 0.0989 e. The van der Waals surface area contributed by atoms with E-state index < -0.39 is 0 Å². The first-order chi connectivity index (χ1) is 15.5. The number of anilines is 2. The van der Waals surface area contributed by atoms with Gasteiger partial charge in [-0.15, -0.1) is 0 Å². The molecule has 3 aromatic carbocycles. The van der Waals surface area contributed by atoms with Gasteiger partial charge in [-0.3, -0.25) is 0 Å². The maximum atomic E-state index is 2.39. The fourth-order valence-electron chi connectivity index (χ4n) is 5.12. The van der Waals surface area contributed by atoms with Gasteiger partial charge in [0.1, 0.15) is 0 Å². The van der Waals surface area contributed by atoms with E-state index in [0.29, 0.717) is 0 Å². The molecule has 0 amide bonds. The van der Waals surface area contributed by atoms with E-state index in [1.165, 1.54) is 65.0 Å². The maximum absolute atomic E-state index is 2.39. The smallest absolute Gasteiger partial charge is 0.0989 e. The first kappa shape index (κ1) is 25.4. The van der Waals surface area contributed by atoms with Crippen LogP contribution in [-0.4, -0.2) is 6.67 Å². The summed E-state index contributed by atoms with van der Waals surface area (Å²) in [6.45, 7) is 20.4. The Bertz CT molecular complexity index is 1070. The van der Waals surface area contributed by atoms with Gasteiger partial charge in [-0.2, -0.15) is 0 Å². The average Bonchev–Trinajstić information content (AvgIpc) is 3.14. The Balaban J connectivity index is 0.000000257. The number of hydrogen-bond donors (Lipinski definition) is 0. The molecule has 1 heterocycles. The molecule has 0 unspecified atom stereocenters. The molecule has 0 aliphatic carbocycles. The van der Waals surface area contributed by atoms with Crippen molar-refractivity contribution in [3.63, 3.8) is 0 Å². The predicted octanol–water partition coefficient (Wildman–Crippen LogP) is 8.51. The molecule has 0 spiro atoms. The van der Waals surface area contributed by atoms with Crippen molar-refractivity contribution in [3.05, 3.63) is 102 Å². The number of hydrogen-bond acceptors (Lipinski definition) is 2. The van der Waals surface area contributed by atoms with Gasteiger partial charge in [0, 0.05) is 27.3 Å². The van der Waals surface area contributed by atoms with Gasteiger partial charge in [0.2, 0.25) is 0 Å². The molecule has 0 aromatic heterocycles. The standard InChI is InChI=1S/C21H26N2.C9H11I/c1-14-9-16(3)20(17(4)10-14)22-7-8-23(13-22)21-18(5)11-15(2)12-19(21)6;1-6-4-7(2)9(10)8(3)5-6/h7-12H,13H2,1-6H3;4-5H,1-3H3. The van der Waals surface area contributed by atoms with E-state index in [9.17, 15) is 0 Å². The average molecular weight is 553 g/mol. The van der Waals surface area contributed by atoms with E-state index in [-0.39, 0.29) is 0 Å².